The second-order valence-electron chi connectivity index (χ2n) is 6.30. The molecular formula is C20H18FN3O3. The van der Waals surface area contributed by atoms with E-state index in [4.69, 9.17) is 9.47 Å². The summed E-state index contributed by atoms with van der Waals surface area (Å²) in [4.78, 5) is 12.1. The van der Waals surface area contributed by atoms with E-state index in [-0.39, 0.29) is 30.7 Å². The number of amides is 1. The molecule has 27 heavy (non-hydrogen) atoms. The molecule has 0 fully saturated rings. The summed E-state index contributed by atoms with van der Waals surface area (Å²) in [5, 5.41) is 9.62. The number of aromatic nitrogens is 2. The van der Waals surface area contributed by atoms with E-state index in [9.17, 15) is 9.18 Å². The molecule has 2 heterocycles. The maximum Gasteiger partial charge on any atom is 0.226 e. The summed E-state index contributed by atoms with van der Waals surface area (Å²) >= 11 is 0. The third-order valence-corrected chi connectivity index (χ3v) is 4.57. The number of aromatic amines is 1. The minimum Gasteiger partial charge on any atom is -0.493 e. The zero-order valence-corrected chi connectivity index (χ0v) is 14.7. The number of benzene rings is 2. The normalized spacial score (nSPS) is 15.8. The number of ether oxygens (including phenoxy) is 2. The molecule has 1 amide bonds. The third-order valence-electron chi connectivity index (χ3n) is 4.57. The molecule has 1 atom stereocenters. The van der Waals surface area contributed by atoms with Gasteiger partial charge in [-0.05, 0) is 23.8 Å². The molecule has 3 aromatic rings. The molecule has 0 saturated heterocycles. The zero-order valence-electron chi connectivity index (χ0n) is 14.7. The molecule has 1 aromatic heterocycles. The maximum atomic E-state index is 13.4. The number of para-hydroxylation sites is 1. The number of carbonyl (C=O) groups is 1. The second kappa shape index (κ2) is 7.11. The highest BCUT2D eigenvalue weighted by atomic mass is 19.1. The topological polar surface area (TPSA) is 76.2 Å². The van der Waals surface area contributed by atoms with Gasteiger partial charge < -0.3 is 14.8 Å². The second-order valence-corrected chi connectivity index (χ2v) is 6.30. The lowest BCUT2D eigenvalue weighted by molar-refractivity contribution is -0.116. The van der Waals surface area contributed by atoms with Crippen LogP contribution in [0.5, 0.6) is 11.5 Å². The molecule has 7 heteroatoms. The van der Waals surface area contributed by atoms with E-state index in [0.29, 0.717) is 22.9 Å². The lowest BCUT2D eigenvalue weighted by Gasteiger charge is -2.25. The standard InChI is InChI=1S/C20H18FN3O3/c1-26-17-7-3-6-14(15-9-18(25)23-20-16(15)10-22-24-20)19(17)27-11-12-4-2-5-13(21)8-12/h2-8,10,15H,9,11H2,1H3,(H2,22,23,24,25)/t15-/m1/s1. The summed E-state index contributed by atoms with van der Waals surface area (Å²) in [5.41, 5.74) is 2.42. The fourth-order valence-corrected chi connectivity index (χ4v) is 3.33. The predicted octanol–water partition coefficient (Wildman–Crippen LogP) is 3.61. The summed E-state index contributed by atoms with van der Waals surface area (Å²) in [6, 6.07) is 11.8. The molecule has 0 aliphatic carbocycles. The summed E-state index contributed by atoms with van der Waals surface area (Å²) < 4.78 is 24.9. The summed E-state index contributed by atoms with van der Waals surface area (Å²) in [7, 11) is 1.56. The Hall–Kier alpha value is -3.35. The zero-order chi connectivity index (χ0) is 18.8. The number of hydrogen-bond donors (Lipinski definition) is 2. The van der Waals surface area contributed by atoms with Crippen LogP contribution in [0.4, 0.5) is 10.2 Å². The predicted molar refractivity (Wildman–Crippen MR) is 97.4 cm³/mol. The first-order valence-electron chi connectivity index (χ1n) is 8.53. The van der Waals surface area contributed by atoms with E-state index >= 15 is 0 Å². The molecule has 138 valence electrons. The minimum absolute atomic E-state index is 0.101. The fraction of sp³-hybridized carbons (Fsp3) is 0.200. The van der Waals surface area contributed by atoms with E-state index in [1.807, 2.05) is 12.1 Å². The van der Waals surface area contributed by atoms with Crippen molar-refractivity contribution in [2.45, 2.75) is 18.9 Å². The van der Waals surface area contributed by atoms with Crippen LogP contribution in [-0.4, -0.2) is 23.2 Å². The molecule has 0 unspecified atom stereocenters. The van der Waals surface area contributed by atoms with Crippen LogP contribution >= 0.6 is 0 Å². The average molecular weight is 367 g/mol. The van der Waals surface area contributed by atoms with Crippen LogP contribution in [0.15, 0.2) is 48.7 Å². The Balaban J connectivity index is 1.71. The van der Waals surface area contributed by atoms with Crippen molar-refractivity contribution < 1.29 is 18.7 Å². The number of anilines is 1. The largest absolute Gasteiger partial charge is 0.493 e. The first-order valence-corrected chi connectivity index (χ1v) is 8.53. The van der Waals surface area contributed by atoms with Gasteiger partial charge in [0.15, 0.2) is 11.5 Å². The van der Waals surface area contributed by atoms with Crippen LogP contribution in [-0.2, 0) is 11.4 Å². The first kappa shape index (κ1) is 17.1. The van der Waals surface area contributed by atoms with Gasteiger partial charge in [-0.15, -0.1) is 0 Å². The monoisotopic (exact) mass is 367 g/mol. The van der Waals surface area contributed by atoms with Gasteiger partial charge in [0.2, 0.25) is 5.91 Å². The smallest absolute Gasteiger partial charge is 0.226 e. The molecule has 0 bridgehead atoms. The van der Waals surface area contributed by atoms with Crippen LogP contribution in [0.3, 0.4) is 0 Å². The van der Waals surface area contributed by atoms with E-state index in [2.05, 4.69) is 15.5 Å². The number of halogens is 1. The van der Waals surface area contributed by atoms with Gasteiger partial charge in [-0.1, -0.05) is 24.3 Å². The summed E-state index contributed by atoms with van der Waals surface area (Å²) in [5.74, 6) is 1.05. The molecule has 0 saturated carbocycles. The molecule has 4 rings (SSSR count). The van der Waals surface area contributed by atoms with Crippen molar-refractivity contribution in [3.8, 4) is 11.5 Å². The highest BCUT2D eigenvalue weighted by Gasteiger charge is 2.31. The van der Waals surface area contributed by atoms with E-state index in [1.165, 1.54) is 12.1 Å². The Morgan fingerprint density at radius 2 is 2.07 bits per heavy atom. The third kappa shape index (κ3) is 3.36. The lowest BCUT2D eigenvalue weighted by atomic mass is 9.86. The Morgan fingerprint density at radius 3 is 2.89 bits per heavy atom. The van der Waals surface area contributed by atoms with Crippen molar-refractivity contribution in [2.75, 3.05) is 12.4 Å². The Labute approximate surface area is 155 Å². The van der Waals surface area contributed by atoms with Gasteiger partial charge in [-0.3, -0.25) is 9.89 Å². The number of fused-ring (bicyclic) bond motifs is 1. The van der Waals surface area contributed by atoms with Crippen molar-refractivity contribution in [2.24, 2.45) is 0 Å². The summed E-state index contributed by atoms with van der Waals surface area (Å²) in [6.07, 6.45) is 1.98. The highest BCUT2D eigenvalue weighted by Crippen LogP contribution is 2.43. The molecule has 0 spiro atoms. The Bertz CT molecular complexity index is 986. The molecule has 0 radical (unpaired) electrons. The Morgan fingerprint density at radius 1 is 1.22 bits per heavy atom. The molecule has 2 aromatic carbocycles. The van der Waals surface area contributed by atoms with E-state index < -0.39 is 0 Å². The van der Waals surface area contributed by atoms with Gasteiger partial charge in [-0.2, -0.15) is 5.10 Å². The number of H-pyrrole nitrogens is 1. The van der Waals surface area contributed by atoms with Gasteiger partial charge in [0.25, 0.3) is 0 Å². The SMILES string of the molecule is COc1cccc([C@H]2CC(=O)Nc3[nH]ncc32)c1OCc1cccc(F)c1. The minimum atomic E-state index is -0.316. The van der Waals surface area contributed by atoms with Crippen LogP contribution in [0.25, 0.3) is 0 Å². The highest BCUT2D eigenvalue weighted by molar-refractivity contribution is 5.94. The van der Waals surface area contributed by atoms with Crippen molar-refractivity contribution in [1.82, 2.24) is 10.2 Å². The molecule has 1 aliphatic heterocycles. The molecule has 1 aliphatic rings. The lowest BCUT2D eigenvalue weighted by Crippen LogP contribution is -2.23. The van der Waals surface area contributed by atoms with Crippen molar-refractivity contribution in [3.63, 3.8) is 0 Å². The molecule has 6 nitrogen and oxygen atoms in total. The van der Waals surface area contributed by atoms with Gasteiger partial charge in [0, 0.05) is 23.5 Å². The fourth-order valence-electron chi connectivity index (χ4n) is 3.33. The van der Waals surface area contributed by atoms with Gasteiger partial charge >= 0.3 is 0 Å². The Kier molecular flexibility index (Phi) is 4.50. The van der Waals surface area contributed by atoms with Crippen LogP contribution < -0.4 is 14.8 Å². The molecule has 2 N–H and O–H groups in total. The van der Waals surface area contributed by atoms with Crippen molar-refractivity contribution >= 4 is 11.7 Å². The molecular weight excluding hydrogens is 349 g/mol. The van der Waals surface area contributed by atoms with Crippen LogP contribution in [0.2, 0.25) is 0 Å². The maximum absolute atomic E-state index is 13.4. The summed E-state index contributed by atoms with van der Waals surface area (Å²) in [6.45, 7) is 0.183. The van der Waals surface area contributed by atoms with Crippen molar-refractivity contribution in [1.29, 1.82) is 0 Å². The number of nitrogens with one attached hydrogen (secondary N) is 2. The first-order chi connectivity index (χ1) is 13.2. The van der Waals surface area contributed by atoms with E-state index in [1.54, 1.807) is 31.5 Å². The number of rotatable bonds is 5. The number of nitrogens with zero attached hydrogens (tertiary/aromatic N) is 1. The van der Waals surface area contributed by atoms with Gasteiger partial charge in [0.05, 0.1) is 13.3 Å². The number of methoxy groups -OCH3 is 1. The van der Waals surface area contributed by atoms with Crippen LogP contribution in [0.1, 0.15) is 29.0 Å². The number of carbonyl (C=O) groups excluding carboxylic acids is 1. The van der Waals surface area contributed by atoms with E-state index in [0.717, 1.165) is 11.1 Å². The van der Waals surface area contributed by atoms with Gasteiger partial charge in [0.1, 0.15) is 18.2 Å². The number of hydrogen-bond acceptors (Lipinski definition) is 4. The van der Waals surface area contributed by atoms with Crippen molar-refractivity contribution in [3.05, 3.63) is 71.2 Å². The van der Waals surface area contributed by atoms with Crippen LogP contribution in [0, 0.1) is 5.82 Å². The average Bonchev–Trinajstić information content (AvgIpc) is 3.13. The quantitative estimate of drug-likeness (QED) is 0.722. The van der Waals surface area contributed by atoms with Gasteiger partial charge in [-0.25, -0.2) is 4.39 Å².